The maximum Gasteiger partial charge on any atom is 0.419 e. The average molecular weight is 454 g/mol. The predicted molar refractivity (Wildman–Crippen MR) is 129 cm³/mol. The number of oxazole rings is 1. The number of aromatic nitrogens is 5. The lowest BCUT2D eigenvalue weighted by Crippen LogP contribution is -2.24. The molecule has 0 radical (unpaired) electrons. The maximum absolute atomic E-state index is 12.1. The summed E-state index contributed by atoms with van der Waals surface area (Å²) in [5, 5.41) is 16.1. The number of unbranched alkanes of at least 4 members (excludes halogenated alkanes) is 1. The molecule has 0 aliphatic carbocycles. The molecule has 0 unspecified atom stereocenters. The summed E-state index contributed by atoms with van der Waals surface area (Å²) in [7, 11) is 0. The van der Waals surface area contributed by atoms with E-state index in [1.807, 2.05) is 29.7 Å². The number of para-hydroxylation sites is 2. The van der Waals surface area contributed by atoms with E-state index in [4.69, 9.17) is 4.42 Å². The van der Waals surface area contributed by atoms with Gasteiger partial charge in [-0.15, -0.1) is 0 Å². The molecule has 10 heteroatoms. The molecule has 0 aliphatic rings. The van der Waals surface area contributed by atoms with E-state index in [0.717, 1.165) is 30.4 Å². The average Bonchev–Trinajstić information content (AvgIpc) is 3.38. The number of hydrogen-bond acceptors (Lipinski definition) is 8. The Labute approximate surface area is 191 Å². The molecular formula is C23H31N7O3. The molecule has 1 atom stereocenters. The lowest BCUT2D eigenvalue weighted by molar-refractivity contribution is 0.271. The van der Waals surface area contributed by atoms with Gasteiger partial charge in [-0.3, -0.25) is 4.57 Å². The highest BCUT2D eigenvalue weighted by atomic mass is 16.4. The Morgan fingerprint density at radius 2 is 2.00 bits per heavy atom. The van der Waals surface area contributed by atoms with E-state index in [0.29, 0.717) is 36.0 Å². The number of benzene rings is 1. The van der Waals surface area contributed by atoms with Gasteiger partial charge in [-0.1, -0.05) is 19.1 Å². The van der Waals surface area contributed by atoms with Gasteiger partial charge in [0.1, 0.15) is 0 Å². The number of hydrogen-bond donors (Lipinski definition) is 3. The lowest BCUT2D eigenvalue weighted by Gasteiger charge is -2.16. The van der Waals surface area contributed by atoms with Gasteiger partial charge in [-0.2, -0.15) is 9.97 Å². The van der Waals surface area contributed by atoms with Crippen LogP contribution in [0.25, 0.3) is 22.3 Å². The normalized spacial score (nSPS) is 12.6. The number of imidazole rings is 1. The third-order valence-corrected chi connectivity index (χ3v) is 5.70. The Morgan fingerprint density at radius 3 is 2.76 bits per heavy atom. The summed E-state index contributed by atoms with van der Waals surface area (Å²) in [6.45, 7) is 7.41. The molecule has 0 saturated heterocycles. The fourth-order valence-electron chi connectivity index (χ4n) is 3.77. The Balaban J connectivity index is 1.46. The van der Waals surface area contributed by atoms with E-state index in [1.54, 1.807) is 17.0 Å². The molecule has 0 spiro atoms. The Hall–Kier alpha value is -3.40. The van der Waals surface area contributed by atoms with Gasteiger partial charge < -0.3 is 24.7 Å². The van der Waals surface area contributed by atoms with E-state index in [2.05, 4.69) is 39.4 Å². The zero-order valence-corrected chi connectivity index (χ0v) is 19.3. The highest BCUT2D eigenvalue weighted by Crippen LogP contribution is 2.24. The van der Waals surface area contributed by atoms with Crippen LogP contribution in [0.5, 0.6) is 0 Å². The molecular weight excluding hydrogens is 422 g/mol. The SMILES string of the molecule is CC[C@H](CO)Nc1nc(NCCCCn2c(=O)oc3ccccc32)c2ncn(C(C)C)c2n1. The van der Waals surface area contributed by atoms with E-state index in [-0.39, 0.29) is 24.4 Å². The number of fused-ring (bicyclic) bond motifs is 2. The molecule has 4 rings (SSSR count). The second-order valence-corrected chi connectivity index (χ2v) is 8.37. The van der Waals surface area contributed by atoms with E-state index < -0.39 is 0 Å². The molecule has 3 heterocycles. The molecule has 1 aromatic carbocycles. The van der Waals surface area contributed by atoms with Crippen LogP contribution in [0, 0.1) is 0 Å². The smallest absolute Gasteiger partial charge is 0.408 e. The molecule has 0 amide bonds. The number of nitrogens with zero attached hydrogens (tertiary/aromatic N) is 5. The summed E-state index contributed by atoms with van der Waals surface area (Å²) >= 11 is 0. The maximum atomic E-state index is 12.1. The number of rotatable bonds is 11. The highest BCUT2D eigenvalue weighted by molar-refractivity contribution is 5.84. The van der Waals surface area contributed by atoms with Crippen molar-refractivity contribution in [2.45, 2.75) is 58.7 Å². The summed E-state index contributed by atoms with van der Waals surface area (Å²) in [4.78, 5) is 25.9. The predicted octanol–water partition coefficient (Wildman–Crippen LogP) is 3.39. The lowest BCUT2D eigenvalue weighted by atomic mass is 10.2. The van der Waals surface area contributed by atoms with Crippen LogP contribution in [-0.2, 0) is 6.54 Å². The van der Waals surface area contributed by atoms with Crippen LogP contribution in [0.15, 0.2) is 39.8 Å². The second-order valence-electron chi connectivity index (χ2n) is 8.37. The first kappa shape index (κ1) is 22.8. The summed E-state index contributed by atoms with van der Waals surface area (Å²) in [5.41, 5.74) is 2.88. The molecule has 33 heavy (non-hydrogen) atoms. The van der Waals surface area contributed by atoms with E-state index in [1.165, 1.54) is 0 Å². The number of aliphatic hydroxyl groups is 1. The standard InChI is InChI=1S/C23H31N7O3/c1-4-16(13-31)26-22-27-20(19-21(28-22)30(14-25-19)15(2)3)24-11-7-8-12-29-17-9-5-6-10-18(17)33-23(29)32/h5-6,9-10,14-16,31H,4,7-8,11-13H2,1-3H3,(H2,24,26,27,28)/t16-/m1/s1. The number of aryl methyl sites for hydroxylation is 1. The Bertz CT molecular complexity index is 1270. The third kappa shape index (κ3) is 4.85. The summed E-state index contributed by atoms with van der Waals surface area (Å²) < 4.78 is 8.97. The quantitative estimate of drug-likeness (QED) is 0.295. The van der Waals surface area contributed by atoms with E-state index in [9.17, 15) is 9.90 Å². The fourth-order valence-corrected chi connectivity index (χ4v) is 3.77. The van der Waals surface area contributed by atoms with Crippen LogP contribution < -0.4 is 16.4 Å². The van der Waals surface area contributed by atoms with Crippen LogP contribution in [-0.4, -0.2) is 48.4 Å². The largest absolute Gasteiger partial charge is 0.419 e. The first-order valence-corrected chi connectivity index (χ1v) is 11.5. The fraction of sp³-hybridized carbons (Fsp3) is 0.478. The van der Waals surface area contributed by atoms with Gasteiger partial charge >= 0.3 is 5.76 Å². The van der Waals surface area contributed by atoms with Gasteiger partial charge in [-0.25, -0.2) is 9.78 Å². The van der Waals surface area contributed by atoms with Crippen LogP contribution in [0.4, 0.5) is 11.8 Å². The van der Waals surface area contributed by atoms with Gasteiger partial charge in [0.05, 0.1) is 24.5 Å². The number of aliphatic hydroxyl groups excluding tert-OH is 1. The van der Waals surface area contributed by atoms with Crippen LogP contribution in [0.3, 0.4) is 0 Å². The molecule has 0 saturated carbocycles. The minimum Gasteiger partial charge on any atom is -0.408 e. The Kier molecular flexibility index (Phi) is 6.93. The van der Waals surface area contributed by atoms with Crippen LogP contribution in [0.2, 0.25) is 0 Å². The van der Waals surface area contributed by atoms with Gasteiger partial charge in [0.15, 0.2) is 22.6 Å². The minimum atomic E-state index is -0.328. The van der Waals surface area contributed by atoms with E-state index >= 15 is 0 Å². The molecule has 0 bridgehead atoms. The van der Waals surface area contributed by atoms with Crippen molar-refractivity contribution in [1.29, 1.82) is 0 Å². The summed E-state index contributed by atoms with van der Waals surface area (Å²) in [5.74, 6) is 0.788. The van der Waals surface area contributed by atoms with Crippen molar-refractivity contribution in [2.75, 3.05) is 23.8 Å². The highest BCUT2D eigenvalue weighted by Gasteiger charge is 2.16. The zero-order chi connectivity index (χ0) is 23.4. The molecule has 0 fully saturated rings. The molecule has 3 aromatic heterocycles. The van der Waals surface area contributed by atoms with Crippen molar-refractivity contribution in [1.82, 2.24) is 24.1 Å². The number of nitrogens with one attached hydrogen (secondary N) is 2. The van der Waals surface area contributed by atoms with Crippen molar-refractivity contribution in [2.24, 2.45) is 0 Å². The molecule has 10 nitrogen and oxygen atoms in total. The van der Waals surface area contributed by atoms with Crippen molar-refractivity contribution in [3.63, 3.8) is 0 Å². The number of anilines is 2. The topological polar surface area (TPSA) is 123 Å². The van der Waals surface area contributed by atoms with Crippen molar-refractivity contribution >= 4 is 34.0 Å². The summed E-state index contributed by atoms with van der Waals surface area (Å²) in [6.07, 6.45) is 4.17. The molecule has 3 N–H and O–H groups in total. The van der Waals surface area contributed by atoms with Crippen molar-refractivity contribution < 1.29 is 9.52 Å². The zero-order valence-electron chi connectivity index (χ0n) is 19.3. The first-order chi connectivity index (χ1) is 16.0. The van der Waals surface area contributed by atoms with Crippen LogP contribution in [0.1, 0.15) is 46.1 Å². The Morgan fingerprint density at radius 1 is 1.18 bits per heavy atom. The van der Waals surface area contributed by atoms with Crippen molar-refractivity contribution in [3.05, 3.63) is 41.1 Å². The van der Waals surface area contributed by atoms with Gasteiger partial charge in [-0.05, 0) is 45.2 Å². The van der Waals surface area contributed by atoms with Crippen LogP contribution >= 0.6 is 0 Å². The van der Waals surface area contributed by atoms with Gasteiger partial charge in [0.2, 0.25) is 5.95 Å². The van der Waals surface area contributed by atoms with Gasteiger partial charge in [0.25, 0.3) is 0 Å². The third-order valence-electron chi connectivity index (χ3n) is 5.70. The monoisotopic (exact) mass is 453 g/mol. The summed E-state index contributed by atoms with van der Waals surface area (Å²) in [6, 6.07) is 7.54. The molecule has 176 valence electrons. The van der Waals surface area contributed by atoms with Gasteiger partial charge in [0, 0.05) is 19.1 Å². The van der Waals surface area contributed by atoms with Crippen molar-refractivity contribution in [3.8, 4) is 0 Å². The molecule has 4 aromatic rings. The second kappa shape index (κ2) is 10.0. The molecule has 0 aliphatic heterocycles. The first-order valence-electron chi connectivity index (χ1n) is 11.5. The minimum absolute atomic E-state index is 0.00612.